The molecule has 0 spiro atoms. The molecule has 1 aliphatic carbocycles. The number of methoxy groups -OCH3 is 1. The summed E-state index contributed by atoms with van der Waals surface area (Å²) in [7, 11) is 1.66. The Kier molecular flexibility index (Phi) is 7.55. The molecule has 44 heavy (non-hydrogen) atoms. The Labute approximate surface area is 257 Å². The van der Waals surface area contributed by atoms with E-state index in [0.29, 0.717) is 18.7 Å². The largest absolute Gasteiger partial charge is 0.497 e. The summed E-state index contributed by atoms with van der Waals surface area (Å²) in [5.41, 5.74) is 7.38. The van der Waals surface area contributed by atoms with Crippen molar-refractivity contribution in [1.82, 2.24) is 19.0 Å². The van der Waals surface area contributed by atoms with Crippen molar-refractivity contribution >= 4 is 5.91 Å². The number of hydrogen-bond donors (Lipinski definition) is 0. The molecule has 0 atom stereocenters. The summed E-state index contributed by atoms with van der Waals surface area (Å²) in [6, 6.07) is 38.9. The van der Waals surface area contributed by atoms with Crippen molar-refractivity contribution in [2.75, 3.05) is 7.11 Å². The molecular formula is C38H34N4O2. The first-order valence-electron chi connectivity index (χ1n) is 15.0. The summed E-state index contributed by atoms with van der Waals surface area (Å²) < 4.78 is 9.76. The first-order chi connectivity index (χ1) is 21.7. The van der Waals surface area contributed by atoms with Gasteiger partial charge in [0.05, 0.1) is 36.8 Å². The van der Waals surface area contributed by atoms with Gasteiger partial charge in [-0.3, -0.25) is 4.79 Å². The van der Waals surface area contributed by atoms with Gasteiger partial charge in [0, 0.05) is 30.5 Å². The average Bonchev–Trinajstić information content (AvgIpc) is 3.85. The quantitative estimate of drug-likeness (QED) is 0.178. The van der Waals surface area contributed by atoms with Gasteiger partial charge in [-0.2, -0.15) is 0 Å². The molecule has 218 valence electrons. The van der Waals surface area contributed by atoms with E-state index in [9.17, 15) is 4.79 Å². The zero-order valence-corrected chi connectivity index (χ0v) is 24.7. The number of carbonyl (C=O) groups excluding carboxylic acids is 1. The van der Waals surface area contributed by atoms with E-state index >= 15 is 0 Å². The zero-order chi connectivity index (χ0) is 29.9. The topological polar surface area (TPSA) is 52.3 Å². The van der Waals surface area contributed by atoms with Gasteiger partial charge in [0.1, 0.15) is 11.6 Å². The number of carbonyl (C=O) groups is 1. The SMILES string of the molecule is COc1ccc(CN(Cc2cnc(-c3ccccc3)n2C2Cc3ccccc3C2)C(=O)c2ccccc2-n2cccc2)cc1. The Bertz CT molecular complexity index is 1850. The van der Waals surface area contributed by atoms with Crippen molar-refractivity contribution in [3.8, 4) is 22.8 Å². The lowest BCUT2D eigenvalue weighted by molar-refractivity contribution is 0.0725. The Hall–Kier alpha value is -5.36. The predicted octanol–water partition coefficient (Wildman–Crippen LogP) is 7.53. The minimum atomic E-state index is -0.0335. The number of ether oxygens (including phenoxy) is 1. The molecule has 7 rings (SSSR count). The van der Waals surface area contributed by atoms with Gasteiger partial charge in [-0.1, -0.05) is 78.9 Å². The van der Waals surface area contributed by atoms with Crippen LogP contribution in [0.3, 0.4) is 0 Å². The molecule has 0 fully saturated rings. The lowest BCUT2D eigenvalue weighted by atomic mass is 10.1. The third kappa shape index (κ3) is 5.42. The van der Waals surface area contributed by atoms with E-state index in [4.69, 9.17) is 9.72 Å². The Morgan fingerprint density at radius 3 is 2.16 bits per heavy atom. The molecule has 0 aliphatic heterocycles. The van der Waals surface area contributed by atoms with E-state index in [1.54, 1.807) is 7.11 Å². The molecule has 6 heteroatoms. The molecule has 6 nitrogen and oxygen atoms in total. The highest BCUT2D eigenvalue weighted by Gasteiger charge is 2.29. The van der Waals surface area contributed by atoms with E-state index in [1.807, 2.05) is 94.8 Å². The summed E-state index contributed by atoms with van der Waals surface area (Å²) in [5, 5.41) is 0. The van der Waals surface area contributed by atoms with Gasteiger partial charge < -0.3 is 18.8 Å². The fraction of sp³-hybridized carbons (Fsp3) is 0.158. The molecule has 2 aromatic heterocycles. The second-order valence-corrected chi connectivity index (χ2v) is 11.3. The summed E-state index contributed by atoms with van der Waals surface area (Å²) in [5.74, 6) is 1.69. The first-order valence-corrected chi connectivity index (χ1v) is 15.0. The average molecular weight is 579 g/mol. The standard InChI is InChI=1S/C38H34N4O2/c1-44-34-19-17-28(18-20-34)26-41(38(43)35-15-7-8-16-36(35)40-21-9-10-22-40)27-33-25-39-37(29-11-3-2-4-12-29)42(33)32-23-30-13-5-6-14-31(30)24-32/h2-22,25,32H,23-24,26-27H2,1H3. The highest BCUT2D eigenvalue weighted by molar-refractivity contribution is 5.97. The summed E-state index contributed by atoms with van der Waals surface area (Å²) >= 11 is 0. The zero-order valence-electron chi connectivity index (χ0n) is 24.7. The van der Waals surface area contributed by atoms with Gasteiger partial charge in [-0.25, -0.2) is 4.98 Å². The molecule has 2 heterocycles. The van der Waals surface area contributed by atoms with E-state index < -0.39 is 0 Å². The van der Waals surface area contributed by atoms with Gasteiger partial charge >= 0.3 is 0 Å². The third-order valence-electron chi connectivity index (χ3n) is 8.49. The van der Waals surface area contributed by atoms with E-state index in [-0.39, 0.29) is 11.9 Å². The highest BCUT2D eigenvalue weighted by Crippen LogP contribution is 2.35. The van der Waals surface area contributed by atoms with Crippen molar-refractivity contribution in [3.05, 3.63) is 162 Å². The van der Waals surface area contributed by atoms with Gasteiger partial charge in [-0.05, 0) is 65.9 Å². The van der Waals surface area contributed by atoms with Crippen LogP contribution < -0.4 is 4.74 Å². The molecule has 6 aromatic rings. The maximum Gasteiger partial charge on any atom is 0.256 e. The van der Waals surface area contributed by atoms with Gasteiger partial charge in [-0.15, -0.1) is 0 Å². The van der Waals surface area contributed by atoms with Crippen LogP contribution in [0.1, 0.15) is 38.8 Å². The second kappa shape index (κ2) is 12.1. The molecule has 0 radical (unpaired) electrons. The van der Waals surface area contributed by atoms with Crippen LogP contribution in [-0.4, -0.2) is 32.0 Å². The van der Waals surface area contributed by atoms with Crippen LogP contribution in [0.2, 0.25) is 0 Å². The lowest BCUT2D eigenvalue weighted by Gasteiger charge is -2.27. The fourth-order valence-electron chi connectivity index (χ4n) is 6.33. The van der Waals surface area contributed by atoms with E-state index in [1.165, 1.54) is 11.1 Å². The molecule has 0 bridgehead atoms. The predicted molar refractivity (Wildman–Crippen MR) is 173 cm³/mol. The van der Waals surface area contributed by atoms with Gasteiger partial charge in [0.2, 0.25) is 0 Å². The minimum Gasteiger partial charge on any atom is -0.497 e. The first kappa shape index (κ1) is 27.5. The van der Waals surface area contributed by atoms with Crippen LogP contribution in [0.15, 0.2) is 134 Å². The van der Waals surface area contributed by atoms with Crippen LogP contribution in [0.5, 0.6) is 5.75 Å². The third-order valence-corrected chi connectivity index (χ3v) is 8.49. The smallest absolute Gasteiger partial charge is 0.256 e. The van der Waals surface area contributed by atoms with Crippen molar-refractivity contribution in [1.29, 1.82) is 0 Å². The molecule has 4 aromatic carbocycles. The second-order valence-electron chi connectivity index (χ2n) is 11.3. The Morgan fingerprint density at radius 2 is 1.45 bits per heavy atom. The number of para-hydroxylation sites is 1. The maximum atomic E-state index is 14.5. The monoisotopic (exact) mass is 578 g/mol. The van der Waals surface area contributed by atoms with Gasteiger partial charge in [0.25, 0.3) is 5.91 Å². The fourth-order valence-corrected chi connectivity index (χ4v) is 6.33. The number of fused-ring (bicyclic) bond motifs is 1. The summed E-state index contributed by atoms with van der Waals surface area (Å²) in [6.07, 6.45) is 7.76. The lowest BCUT2D eigenvalue weighted by Crippen LogP contribution is -2.32. The number of amides is 1. The number of nitrogens with zero attached hydrogens (tertiary/aromatic N) is 4. The number of aromatic nitrogens is 3. The summed E-state index contributed by atoms with van der Waals surface area (Å²) in [6.45, 7) is 0.858. The summed E-state index contributed by atoms with van der Waals surface area (Å²) in [4.78, 5) is 21.4. The number of rotatable bonds is 9. The van der Waals surface area contributed by atoms with Crippen LogP contribution in [0, 0.1) is 0 Å². The molecule has 1 amide bonds. The van der Waals surface area contributed by atoms with Crippen LogP contribution in [-0.2, 0) is 25.9 Å². The normalized spacial score (nSPS) is 12.7. The van der Waals surface area contributed by atoms with E-state index in [2.05, 4.69) is 53.1 Å². The van der Waals surface area contributed by atoms with Crippen molar-refractivity contribution in [3.63, 3.8) is 0 Å². The molecule has 0 unspecified atom stereocenters. The molecule has 0 N–H and O–H groups in total. The Balaban J connectivity index is 1.30. The molecule has 1 aliphatic rings. The number of benzene rings is 4. The van der Waals surface area contributed by atoms with Crippen LogP contribution in [0.25, 0.3) is 17.1 Å². The van der Waals surface area contributed by atoms with Crippen molar-refractivity contribution < 1.29 is 9.53 Å². The van der Waals surface area contributed by atoms with Crippen molar-refractivity contribution in [2.24, 2.45) is 0 Å². The van der Waals surface area contributed by atoms with Crippen molar-refractivity contribution in [2.45, 2.75) is 32.0 Å². The number of hydrogen-bond acceptors (Lipinski definition) is 3. The Morgan fingerprint density at radius 1 is 0.795 bits per heavy atom. The van der Waals surface area contributed by atoms with Crippen LogP contribution >= 0.6 is 0 Å². The number of imidazole rings is 1. The maximum absolute atomic E-state index is 14.5. The van der Waals surface area contributed by atoms with Gasteiger partial charge in [0.15, 0.2) is 0 Å². The molecular weight excluding hydrogens is 544 g/mol. The highest BCUT2D eigenvalue weighted by atomic mass is 16.5. The van der Waals surface area contributed by atoms with Crippen LogP contribution in [0.4, 0.5) is 0 Å². The molecule has 0 saturated carbocycles. The minimum absolute atomic E-state index is 0.0335. The van der Waals surface area contributed by atoms with E-state index in [0.717, 1.165) is 46.9 Å². The molecule has 0 saturated heterocycles.